The summed E-state index contributed by atoms with van der Waals surface area (Å²) in [5.74, 6) is 1.84. The molecule has 3 fully saturated rings. The van der Waals surface area contributed by atoms with Gasteiger partial charge in [0.05, 0.1) is 0 Å². The number of amides is 2. The molecule has 1 aliphatic heterocycles. The number of nitrogens with one attached hydrogen (secondary N) is 2. The van der Waals surface area contributed by atoms with Crippen LogP contribution < -0.4 is 10.6 Å². The second kappa shape index (κ2) is 9.27. The molecule has 174 valence electrons. The van der Waals surface area contributed by atoms with Gasteiger partial charge in [-0.2, -0.15) is 0 Å². The first kappa shape index (κ1) is 22.9. The van der Waals surface area contributed by atoms with Crippen LogP contribution in [0.15, 0.2) is 11.6 Å². The molecule has 4 aliphatic rings. The Hall–Kier alpha value is -1.32. The Morgan fingerprint density at radius 3 is 2.61 bits per heavy atom. The van der Waals surface area contributed by atoms with E-state index in [2.05, 4.69) is 37.5 Å². The van der Waals surface area contributed by atoms with E-state index in [9.17, 15) is 9.59 Å². The molecule has 0 spiro atoms. The molecule has 0 bridgehead atoms. The minimum Gasteiger partial charge on any atom is -0.352 e. The summed E-state index contributed by atoms with van der Waals surface area (Å²) in [6.45, 7) is 7.74. The molecule has 0 aromatic rings. The fraction of sp³-hybridized carbons (Fsp3) is 0.852. The van der Waals surface area contributed by atoms with Gasteiger partial charge in [-0.3, -0.25) is 9.59 Å². The summed E-state index contributed by atoms with van der Waals surface area (Å²) in [4.78, 5) is 25.7. The normalized spacial score (nSPS) is 39.1. The molecule has 0 unspecified atom stereocenters. The highest BCUT2D eigenvalue weighted by atomic mass is 16.2. The van der Waals surface area contributed by atoms with E-state index in [-0.39, 0.29) is 23.3 Å². The SMILES string of the molecule is CCCCCCCCNC(=O)C1=C[C@@]2(C)[C@@H](CC[C@H]3[C@@H]4CCC[C@@]4(C)CC[C@@H]32)NC1=O. The molecule has 2 amide bonds. The van der Waals surface area contributed by atoms with Crippen molar-refractivity contribution in [3.8, 4) is 0 Å². The van der Waals surface area contributed by atoms with Crippen molar-refractivity contribution in [2.75, 3.05) is 6.54 Å². The molecule has 31 heavy (non-hydrogen) atoms. The molecule has 0 aromatic heterocycles. The quantitative estimate of drug-likeness (QED) is 0.395. The molecule has 2 N–H and O–H groups in total. The van der Waals surface area contributed by atoms with Crippen LogP contribution >= 0.6 is 0 Å². The highest BCUT2D eigenvalue weighted by Gasteiger charge is 2.58. The molecule has 0 aromatic carbocycles. The van der Waals surface area contributed by atoms with Gasteiger partial charge in [0, 0.05) is 18.0 Å². The van der Waals surface area contributed by atoms with Crippen LogP contribution in [0.25, 0.3) is 0 Å². The average molecular weight is 429 g/mol. The molecule has 4 nitrogen and oxygen atoms in total. The molecule has 4 rings (SSSR count). The van der Waals surface area contributed by atoms with E-state index >= 15 is 0 Å². The minimum atomic E-state index is -0.172. The maximum atomic E-state index is 12.9. The lowest BCUT2D eigenvalue weighted by Crippen LogP contribution is -2.60. The number of carbonyl (C=O) groups is 2. The molecule has 3 aliphatic carbocycles. The summed E-state index contributed by atoms with van der Waals surface area (Å²) in [5, 5.41) is 6.28. The molecule has 0 saturated heterocycles. The summed E-state index contributed by atoms with van der Waals surface area (Å²) in [5.41, 5.74) is 0.807. The number of hydrogen-bond acceptors (Lipinski definition) is 2. The second-order valence-electron chi connectivity index (χ2n) is 11.5. The lowest BCUT2D eigenvalue weighted by Gasteiger charge is -2.58. The number of fused-ring (bicyclic) bond motifs is 5. The lowest BCUT2D eigenvalue weighted by atomic mass is 9.48. The summed E-state index contributed by atoms with van der Waals surface area (Å²) >= 11 is 0. The first-order chi connectivity index (χ1) is 14.9. The summed E-state index contributed by atoms with van der Waals surface area (Å²) < 4.78 is 0. The zero-order valence-electron chi connectivity index (χ0n) is 20.1. The van der Waals surface area contributed by atoms with E-state index in [1.54, 1.807) is 0 Å². The molecule has 3 saturated carbocycles. The fourth-order valence-corrected chi connectivity index (χ4v) is 7.80. The van der Waals surface area contributed by atoms with E-state index in [0.29, 0.717) is 23.5 Å². The predicted molar refractivity (Wildman–Crippen MR) is 125 cm³/mol. The number of rotatable bonds is 8. The van der Waals surface area contributed by atoms with Gasteiger partial charge in [0.2, 0.25) is 0 Å². The summed E-state index contributed by atoms with van der Waals surface area (Å²) in [7, 11) is 0. The van der Waals surface area contributed by atoms with E-state index in [1.807, 2.05) is 0 Å². The zero-order valence-corrected chi connectivity index (χ0v) is 20.1. The van der Waals surface area contributed by atoms with Gasteiger partial charge in [0.15, 0.2) is 0 Å². The second-order valence-corrected chi connectivity index (χ2v) is 11.5. The topological polar surface area (TPSA) is 58.2 Å². The maximum absolute atomic E-state index is 12.9. The maximum Gasteiger partial charge on any atom is 0.256 e. The predicted octanol–water partition coefficient (Wildman–Crippen LogP) is 5.52. The zero-order chi connectivity index (χ0) is 22.1. The van der Waals surface area contributed by atoms with Crippen LogP contribution in [0.4, 0.5) is 0 Å². The van der Waals surface area contributed by atoms with Gasteiger partial charge in [-0.15, -0.1) is 0 Å². The van der Waals surface area contributed by atoms with E-state index in [0.717, 1.165) is 31.1 Å². The summed E-state index contributed by atoms with van der Waals surface area (Å²) in [6.07, 6.45) is 18.3. The number of carbonyl (C=O) groups excluding carboxylic acids is 2. The third kappa shape index (κ3) is 4.33. The highest BCUT2D eigenvalue weighted by Crippen LogP contribution is 2.63. The van der Waals surface area contributed by atoms with Crippen molar-refractivity contribution in [2.24, 2.45) is 28.6 Å². The van der Waals surface area contributed by atoms with Gasteiger partial charge in [0.1, 0.15) is 5.57 Å². The molecular formula is C27H44N2O2. The van der Waals surface area contributed by atoms with E-state index < -0.39 is 0 Å². The van der Waals surface area contributed by atoms with Crippen LogP contribution in [0.5, 0.6) is 0 Å². The van der Waals surface area contributed by atoms with Crippen LogP contribution in [0, 0.1) is 28.6 Å². The Morgan fingerprint density at radius 2 is 1.81 bits per heavy atom. The van der Waals surface area contributed by atoms with E-state index in [1.165, 1.54) is 64.2 Å². The van der Waals surface area contributed by atoms with E-state index in [4.69, 9.17) is 0 Å². The molecule has 0 radical (unpaired) electrons. The first-order valence-corrected chi connectivity index (χ1v) is 13.2. The van der Waals surface area contributed by atoms with Gasteiger partial charge in [-0.05, 0) is 68.1 Å². The number of unbranched alkanes of at least 4 members (excludes halogenated alkanes) is 5. The molecule has 6 atom stereocenters. The van der Waals surface area contributed by atoms with Crippen molar-refractivity contribution in [1.82, 2.24) is 10.6 Å². The smallest absolute Gasteiger partial charge is 0.256 e. The van der Waals surface area contributed by atoms with Gasteiger partial charge >= 0.3 is 0 Å². The lowest BCUT2D eigenvalue weighted by molar-refractivity contribution is -0.128. The number of hydrogen-bond donors (Lipinski definition) is 2. The van der Waals surface area contributed by atoms with Gasteiger partial charge in [-0.25, -0.2) is 0 Å². The largest absolute Gasteiger partial charge is 0.352 e. The van der Waals surface area contributed by atoms with Crippen LogP contribution in [-0.4, -0.2) is 24.4 Å². The Morgan fingerprint density at radius 1 is 1.03 bits per heavy atom. The van der Waals surface area contributed by atoms with Gasteiger partial charge < -0.3 is 10.6 Å². The molecule has 4 heteroatoms. The van der Waals surface area contributed by atoms with Gasteiger partial charge in [0.25, 0.3) is 11.8 Å². The average Bonchev–Trinajstić information content (AvgIpc) is 3.15. The monoisotopic (exact) mass is 428 g/mol. The minimum absolute atomic E-state index is 0.0897. The molecular weight excluding hydrogens is 384 g/mol. The van der Waals surface area contributed by atoms with Crippen molar-refractivity contribution < 1.29 is 9.59 Å². The first-order valence-electron chi connectivity index (χ1n) is 13.2. The van der Waals surface area contributed by atoms with Gasteiger partial charge in [-0.1, -0.05) is 65.4 Å². The third-order valence-corrected chi connectivity index (χ3v) is 9.62. The van der Waals surface area contributed by atoms with Crippen molar-refractivity contribution in [1.29, 1.82) is 0 Å². The van der Waals surface area contributed by atoms with Crippen LogP contribution in [0.3, 0.4) is 0 Å². The standard InChI is InChI=1S/C27H44N2O2/c1-4-5-6-7-8-9-17-28-24(30)20-18-27(3)22-14-16-26(2)15-10-11-21(26)19(22)12-13-23(27)29-25(20)31/h18-19,21-23H,4-17H2,1-3H3,(H,28,30)(H,29,31)/t19-,21-,22-,23+,26-,27+/m0/s1. The highest BCUT2D eigenvalue weighted by molar-refractivity contribution is 6.19. The van der Waals surface area contributed by atoms with Crippen LogP contribution in [-0.2, 0) is 9.59 Å². The van der Waals surface area contributed by atoms with Crippen LogP contribution in [0.1, 0.15) is 104 Å². The summed E-state index contributed by atoms with van der Waals surface area (Å²) in [6, 6.07) is 0.183. The van der Waals surface area contributed by atoms with Crippen molar-refractivity contribution in [2.45, 2.75) is 110 Å². The Kier molecular flexibility index (Phi) is 6.84. The van der Waals surface area contributed by atoms with Crippen molar-refractivity contribution in [3.63, 3.8) is 0 Å². The van der Waals surface area contributed by atoms with Crippen molar-refractivity contribution >= 4 is 11.8 Å². The Balaban J connectivity index is 1.42. The molecule has 1 heterocycles. The third-order valence-electron chi connectivity index (χ3n) is 9.62. The Bertz CT molecular complexity index is 716. The van der Waals surface area contributed by atoms with Crippen LogP contribution in [0.2, 0.25) is 0 Å². The van der Waals surface area contributed by atoms with Crippen molar-refractivity contribution in [3.05, 3.63) is 11.6 Å². The Labute approximate surface area is 189 Å². The fourth-order valence-electron chi connectivity index (χ4n) is 7.80.